The highest BCUT2D eigenvalue weighted by atomic mass is 32.1. The topological polar surface area (TPSA) is 0 Å². The van der Waals surface area contributed by atoms with Crippen molar-refractivity contribution in [2.45, 2.75) is 13.8 Å². The lowest BCUT2D eigenvalue weighted by atomic mass is 10.2. The third-order valence-electron chi connectivity index (χ3n) is 1.76. The van der Waals surface area contributed by atoms with Gasteiger partial charge in [0.05, 0.1) is 0 Å². The summed E-state index contributed by atoms with van der Waals surface area (Å²) in [6.45, 7) is 4.29. The van der Waals surface area contributed by atoms with E-state index in [-0.39, 0.29) is 0 Å². The first kappa shape index (κ1) is 8.02. The molecule has 62 valence electrons. The number of hydrogen-bond acceptors (Lipinski definition) is 2. The first-order chi connectivity index (χ1) is 5.75. The third kappa shape index (κ3) is 1.45. The molecule has 2 aromatic heterocycles. The summed E-state index contributed by atoms with van der Waals surface area (Å²) in [6.07, 6.45) is 0. The number of rotatable bonds is 1. The zero-order valence-corrected chi connectivity index (χ0v) is 8.76. The molecule has 0 fully saturated rings. The van der Waals surface area contributed by atoms with Gasteiger partial charge in [0.1, 0.15) is 0 Å². The minimum absolute atomic E-state index is 1.37. The van der Waals surface area contributed by atoms with Crippen LogP contribution in [0, 0.1) is 13.8 Å². The van der Waals surface area contributed by atoms with Gasteiger partial charge in [0.25, 0.3) is 0 Å². The summed E-state index contributed by atoms with van der Waals surface area (Å²) in [4.78, 5) is 4.15. The molecule has 12 heavy (non-hydrogen) atoms. The van der Waals surface area contributed by atoms with Gasteiger partial charge >= 0.3 is 0 Å². The average molecular weight is 194 g/mol. The Morgan fingerprint density at radius 1 is 1.08 bits per heavy atom. The molecule has 0 bridgehead atoms. The summed E-state index contributed by atoms with van der Waals surface area (Å²) in [5, 5.41) is 2.22. The Balaban J connectivity index is 2.43. The molecule has 0 aliphatic rings. The molecule has 2 rings (SSSR count). The summed E-state index contributed by atoms with van der Waals surface area (Å²) in [5.41, 5.74) is 1.37. The molecular weight excluding hydrogens is 184 g/mol. The van der Waals surface area contributed by atoms with Gasteiger partial charge in [0.15, 0.2) is 0 Å². The van der Waals surface area contributed by atoms with E-state index in [0.717, 1.165) is 0 Å². The molecule has 0 aliphatic carbocycles. The van der Waals surface area contributed by atoms with Gasteiger partial charge in [-0.1, -0.05) is 0 Å². The van der Waals surface area contributed by atoms with E-state index in [0.29, 0.717) is 0 Å². The minimum Gasteiger partial charge on any atom is -0.149 e. The van der Waals surface area contributed by atoms with E-state index in [2.05, 4.69) is 37.4 Å². The van der Waals surface area contributed by atoms with Gasteiger partial charge in [-0.15, -0.1) is 22.7 Å². The first-order valence-electron chi connectivity index (χ1n) is 3.87. The van der Waals surface area contributed by atoms with Crippen molar-refractivity contribution in [1.82, 2.24) is 0 Å². The molecule has 0 nitrogen and oxygen atoms in total. The molecule has 0 amide bonds. The molecule has 0 spiro atoms. The SMILES string of the molecule is Cc1cc(-c2ccc(C)s2)cs1. The van der Waals surface area contributed by atoms with E-state index >= 15 is 0 Å². The van der Waals surface area contributed by atoms with E-state index < -0.39 is 0 Å². The highest BCUT2D eigenvalue weighted by Gasteiger charge is 2.01. The predicted molar refractivity (Wildman–Crippen MR) is 57.1 cm³/mol. The van der Waals surface area contributed by atoms with Gasteiger partial charge in [-0.3, -0.25) is 0 Å². The lowest BCUT2D eigenvalue weighted by molar-refractivity contribution is 1.63. The summed E-state index contributed by atoms with van der Waals surface area (Å²) >= 11 is 3.68. The third-order valence-corrected chi connectivity index (χ3v) is 3.67. The number of thiophene rings is 2. The maximum atomic E-state index is 2.25. The van der Waals surface area contributed by atoms with Crippen molar-refractivity contribution < 1.29 is 0 Å². The largest absolute Gasteiger partial charge is 0.149 e. The normalized spacial score (nSPS) is 10.5. The quantitative estimate of drug-likeness (QED) is 0.641. The lowest BCUT2D eigenvalue weighted by Gasteiger charge is -1.87. The fourth-order valence-electron chi connectivity index (χ4n) is 1.16. The molecule has 0 saturated heterocycles. The molecule has 2 heteroatoms. The van der Waals surface area contributed by atoms with Crippen molar-refractivity contribution in [3.63, 3.8) is 0 Å². The fraction of sp³-hybridized carbons (Fsp3) is 0.200. The maximum Gasteiger partial charge on any atom is 0.0353 e. The van der Waals surface area contributed by atoms with E-state index in [4.69, 9.17) is 0 Å². The van der Waals surface area contributed by atoms with Crippen LogP contribution in [-0.4, -0.2) is 0 Å². The molecule has 0 aromatic carbocycles. The molecule has 0 saturated carbocycles. The second kappa shape index (κ2) is 3.04. The van der Waals surface area contributed by atoms with Gasteiger partial charge in [0.2, 0.25) is 0 Å². The van der Waals surface area contributed by atoms with Crippen LogP contribution in [0.4, 0.5) is 0 Å². The Bertz CT molecular complexity index is 344. The van der Waals surface area contributed by atoms with Gasteiger partial charge in [-0.2, -0.15) is 0 Å². The standard InChI is InChI=1S/C10H10S2/c1-7-3-4-10(12-7)9-5-8(2)11-6-9/h3-6H,1-2H3. The Morgan fingerprint density at radius 2 is 1.92 bits per heavy atom. The van der Waals surface area contributed by atoms with E-state index in [9.17, 15) is 0 Å². The molecule has 0 aliphatic heterocycles. The van der Waals surface area contributed by atoms with Crippen LogP contribution in [0.25, 0.3) is 10.4 Å². The van der Waals surface area contributed by atoms with Crippen LogP contribution in [-0.2, 0) is 0 Å². The van der Waals surface area contributed by atoms with Crippen LogP contribution in [0.3, 0.4) is 0 Å². The van der Waals surface area contributed by atoms with E-state index in [1.54, 1.807) is 0 Å². The number of hydrogen-bond donors (Lipinski definition) is 0. The molecule has 2 aromatic rings. The van der Waals surface area contributed by atoms with Gasteiger partial charge < -0.3 is 0 Å². The minimum atomic E-state index is 1.37. The van der Waals surface area contributed by atoms with Crippen LogP contribution in [0.15, 0.2) is 23.6 Å². The van der Waals surface area contributed by atoms with Crippen LogP contribution < -0.4 is 0 Å². The van der Waals surface area contributed by atoms with Crippen LogP contribution in [0.1, 0.15) is 9.75 Å². The van der Waals surface area contributed by atoms with E-state index in [1.807, 2.05) is 22.7 Å². The lowest BCUT2D eigenvalue weighted by Crippen LogP contribution is -1.60. The van der Waals surface area contributed by atoms with Crippen LogP contribution in [0.2, 0.25) is 0 Å². The second-order valence-electron chi connectivity index (χ2n) is 2.86. The zero-order valence-electron chi connectivity index (χ0n) is 7.13. The average Bonchev–Trinajstić information content (AvgIpc) is 2.58. The predicted octanol–water partition coefficient (Wildman–Crippen LogP) is 4.09. The van der Waals surface area contributed by atoms with Crippen molar-refractivity contribution in [3.8, 4) is 10.4 Å². The van der Waals surface area contributed by atoms with Crippen molar-refractivity contribution >= 4 is 22.7 Å². The van der Waals surface area contributed by atoms with Crippen molar-refractivity contribution in [3.05, 3.63) is 33.3 Å². The molecule has 0 radical (unpaired) electrons. The van der Waals surface area contributed by atoms with Crippen LogP contribution in [0.5, 0.6) is 0 Å². The summed E-state index contributed by atoms with van der Waals surface area (Å²) in [5.74, 6) is 0. The molecule has 0 atom stereocenters. The Morgan fingerprint density at radius 3 is 2.42 bits per heavy atom. The first-order valence-corrected chi connectivity index (χ1v) is 5.57. The monoisotopic (exact) mass is 194 g/mol. The highest BCUT2D eigenvalue weighted by Crippen LogP contribution is 2.30. The van der Waals surface area contributed by atoms with Gasteiger partial charge in [0, 0.05) is 20.2 Å². The summed E-state index contributed by atoms with van der Waals surface area (Å²) in [6, 6.07) is 6.62. The molecule has 2 heterocycles. The number of aryl methyl sites for hydroxylation is 2. The smallest absolute Gasteiger partial charge is 0.0353 e. The fourth-order valence-corrected chi connectivity index (χ4v) is 2.79. The second-order valence-corrected chi connectivity index (χ2v) is 5.26. The summed E-state index contributed by atoms with van der Waals surface area (Å²) < 4.78 is 0. The Kier molecular flexibility index (Phi) is 2.03. The van der Waals surface area contributed by atoms with Crippen molar-refractivity contribution in [1.29, 1.82) is 0 Å². The van der Waals surface area contributed by atoms with Crippen molar-refractivity contribution in [2.24, 2.45) is 0 Å². The summed E-state index contributed by atoms with van der Waals surface area (Å²) in [7, 11) is 0. The van der Waals surface area contributed by atoms with Gasteiger partial charge in [-0.05, 0) is 37.4 Å². The Labute approximate surface area is 80.5 Å². The Hall–Kier alpha value is -0.600. The van der Waals surface area contributed by atoms with Gasteiger partial charge in [-0.25, -0.2) is 0 Å². The van der Waals surface area contributed by atoms with Crippen LogP contribution >= 0.6 is 22.7 Å². The van der Waals surface area contributed by atoms with E-state index in [1.165, 1.54) is 20.2 Å². The molecule has 0 N–H and O–H groups in total. The highest BCUT2D eigenvalue weighted by molar-refractivity contribution is 7.16. The maximum absolute atomic E-state index is 2.25. The zero-order chi connectivity index (χ0) is 8.55. The molecular formula is C10H10S2. The molecule has 0 unspecified atom stereocenters. The van der Waals surface area contributed by atoms with Crippen molar-refractivity contribution in [2.75, 3.05) is 0 Å².